The molecular formula is C27H33N3O2. The van der Waals surface area contributed by atoms with Gasteiger partial charge in [-0.1, -0.05) is 80.3 Å². The Bertz CT molecular complexity index is 1040. The van der Waals surface area contributed by atoms with Crippen molar-refractivity contribution in [1.29, 1.82) is 0 Å². The minimum Gasteiger partial charge on any atom is -0.396 e. The predicted octanol–water partition coefficient (Wildman–Crippen LogP) is 5.17. The maximum Gasteiger partial charge on any atom is 0.272 e. The number of aromatic nitrogens is 2. The molecule has 1 N–H and O–H groups in total. The molecule has 2 aromatic carbocycles. The largest absolute Gasteiger partial charge is 0.396 e. The van der Waals surface area contributed by atoms with Gasteiger partial charge in [0, 0.05) is 25.3 Å². The van der Waals surface area contributed by atoms with Crippen LogP contribution in [0.25, 0.3) is 11.3 Å². The van der Waals surface area contributed by atoms with Gasteiger partial charge in [0.25, 0.3) is 5.91 Å². The van der Waals surface area contributed by atoms with E-state index >= 15 is 0 Å². The molecule has 0 spiro atoms. The van der Waals surface area contributed by atoms with Crippen LogP contribution in [0.5, 0.6) is 0 Å². The highest BCUT2D eigenvalue weighted by molar-refractivity contribution is 5.94. The molecular weight excluding hydrogens is 398 g/mol. The van der Waals surface area contributed by atoms with Gasteiger partial charge in [-0.05, 0) is 37.0 Å². The van der Waals surface area contributed by atoms with E-state index in [-0.39, 0.29) is 18.6 Å². The molecule has 32 heavy (non-hydrogen) atoms. The van der Waals surface area contributed by atoms with Crippen LogP contribution < -0.4 is 0 Å². The van der Waals surface area contributed by atoms with Gasteiger partial charge in [0.1, 0.15) is 5.69 Å². The van der Waals surface area contributed by atoms with Crippen LogP contribution in [0.4, 0.5) is 0 Å². The molecule has 1 aliphatic rings. The number of amides is 1. The maximum atomic E-state index is 13.4. The molecule has 3 aromatic rings. The van der Waals surface area contributed by atoms with E-state index in [9.17, 15) is 4.79 Å². The molecule has 1 amide bonds. The lowest BCUT2D eigenvalue weighted by molar-refractivity contribution is 0.0634. The van der Waals surface area contributed by atoms with Crippen molar-refractivity contribution in [2.75, 3.05) is 13.2 Å². The van der Waals surface area contributed by atoms with Gasteiger partial charge in [0.15, 0.2) is 0 Å². The van der Waals surface area contributed by atoms with Crippen LogP contribution in [0.2, 0.25) is 0 Å². The summed E-state index contributed by atoms with van der Waals surface area (Å²) in [5.41, 5.74) is 6.03. The molecule has 0 radical (unpaired) electrons. The summed E-state index contributed by atoms with van der Waals surface area (Å²) < 4.78 is 1.98. The van der Waals surface area contributed by atoms with Crippen LogP contribution in [0, 0.1) is 6.92 Å². The minimum absolute atomic E-state index is 0.0436. The van der Waals surface area contributed by atoms with Crippen LogP contribution >= 0.6 is 0 Å². The standard InChI is InChI=1S/C27H33N3O2/c1-3-4-5-6-24-19-29(18-22-11-9-21(10-12-22)15-16-31)27(32)26-17-25(28-30(24)26)23-13-7-20(2)8-14-23/h7-14,17,24,31H,3-6,15-16,18-19H2,1-2H3. The average molecular weight is 432 g/mol. The molecule has 0 bridgehead atoms. The number of aliphatic hydroxyl groups is 1. The average Bonchev–Trinajstić information content (AvgIpc) is 3.25. The fraction of sp³-hybridized carbons (Fsp3) is 0.407. The van der Waals surface area contributed by atoms with E-state index in [0.717, 1.165) is 35.2 Å². The van der Waals surface area contributed by atoms with E-state index in [2.05, 4.69) is 50.2 Å². The normalized spacial score (nSPS) is 15.8. The van der Waals surface area contributed by atoms with E-state index in [1.54, 1.807) is 0 Å². The van der Waals surface area contributed by atoms with Gasteiger partial charge in [-0.15, -0.1) is 0 Å². The number of carbonyl (C=O) groups excluding carboxylic acids is 1. The number of hydrogen-bond acceptors (Lipinski definition) is 3. The second kappa shape index (κ2) is 10.1. The zero-order chi connectivity index (χ0) is 22.5. The molecule has 168 valence electrons. The van der Waals surface area contributed by atoms with Crippen LogP contribution in [0.15, 0.2) is 54.6 Å². The lowest BCUT2D eigenvalue weighted by atomic mass is 10.0. The molecule has 1 unspecified atom stereocenters. The Morgan fingerprint density at radius 1 is 1.03 bits per heavy atom. The predicted molar refractivity (Wildman–Crippen MR) is 128 cm³/mol. The summed E-state index contributed by atoms with van der Waals surface area (Å²) in [6.07, 6.45) is 5.19. The van der Waals surface area contributed by atoms with Crippen LogP contribution in [0.1, 0.15) is 65.8 Å². The minimum atomic E-state index is 0.0436. The molecule has 0 fully saturated rings. The lowest BCUT2D eigenvalue weighted by Gasteiger charge is -2.33. The summed E-state index contributed by atoms with van der Waals surface area (Å²) in [5.74, 6) is 0.0436. The Balaban J connectivity index is 1.60. The van der Waals surface area contributed by atoms with Crippen molar-refractivity contribution in [2.45, 2.75) is 58.5 Å². The van der Waals surface area contributed by atoms with E-state index in [0.29, 0.717) is 25.2 Å². The third-order valence-corrected chi connectivity index (χ3v) is 6.30. The quantitative estimate of drug-likeness (QED) is 0.476. The molecule has 1 atom stereocenters. The Morgan fingerprint density at radius 3 is 2.44 bits per heavy atom. The molecule has 1 aromatic heterocycles. The van der Waals surface area contributed by atoms with Crippen LogP contribution in [0.3, 0.4) is 0 Å². The van der Waals surface area contributed by atoms with Crippen molar-refractivity contribution in [2.24, 2.45) is 0 Å². The number of hydrogen-bond donors (Lipinski definition) is 1. The van der Waals surface area contributed by atoms with Gasteiger partial charge in [0.05, 0.1) is 11.7 Å². The number of benzene rings is 2. The van der Waals surface area contributed by atoms with Gasteiger partial charge in [-0.3, -0.25) is 9.48 Å². The van der Waals surface area contributed by atoms with Crippen molar-refractivity contribution >= 4 is 5.91 Å². The molecule has 5 nitrogen and oxygen atoms in total. The smallest absolute Gasteiger partial charge is 0.272 e. The number of carbonyl (C=O) groups is 1. The molecule has 4 rings (SSSR count). The second-order valence-corrected chi connectivity index (χ2v) is 8.85. The SMILES string of the molecule is CCCCCC1CN(Cc2ccc(CCO)cc2)C(=O)c2cc(-c3ccc(C)cc3)nn21. The summed E-state index contributed by atoms with van der Waals surface area (Å²) in [5, 5.41) is 14.0. The van der Waals surface area contributed by atoms with E-state index in [1.165, 1.54) is 18.4 Å². The Kier molecular flexibility index (Phi) is 7.05. The first-order valence-corrected chi connectivity index (χ1v) is 11.7. The first-order valence-electron chi connectivity index (χ1n) is 11.7. The van der Waals surface area contributed by atoms with Crippen molar-refractivity contribution in [1.82, 2.24) is 14.7 Å². The van der Waals surface area contributed by atoms with E-state index in [1.807, 2.05) is 27.8 Å². The number of nitrogens with zero attached hydrogens (tertiary/aromatic N) is 3. The van der Waals surface area contributed by atoms with Crippen molar-refractivity contribution in [3.63, 3.8) is 0 Å². The number of rotatable bonds is 9. The topological polar surface area (TPSA) is 58.4 Å². The molecule has 0 saturated carbocycles. The molecule has 2 heterocycles. The van der Waals surface area contributed by atoms with Gasteiger partial charge in [-0.25, -0.2) is 0 Å². The number of aryl methyl sites for hydroxylation is 1. The third kappa shape index (κ3) is 4.94. The highest BCUT2D eigenvalue weighted by Crippen LogP contribution is 2.30. The summed E-state index contributed by atoms with van der Waals surface area (Å²) in [4.78, 5) is 15.4. The summed E-state index contributed by atoms with van der Waals surface area (Å²) >= 11 is 0. The monoisotopic (exact) mass is 431 g/mol. The lowest BCUT2D eigenvalue weighted by Crippen LogP contribution is -2.42. The first kappa shape index (κ1) is 22.3. The van der Waals surface area contributed by atoms with Crippen molar-refractivity contribution in [3.05, 3.63) is 77.0 Å². The van der Waals surface area contributed by atoms with Crippen LogP contribution in [-0.4, -0.2) is 38.8 Å². The fourth-order valence-electron chi connectivity index (χ4n) is 4.42. The first-order chi connectivity index (χ1) is 15.6. The molecule has 5 heteroatoms. The van der Waals surface area contributed by atoms with Gasteiger partial charge in [0.2, 0.25) is 0 Å². The Morgan fingerprint density at radius 2 is 1.75 bits per heavy atom. The molecule has 0 aliphatic carbocycles. The van der Waals surface area contributed by atoms with Crippen molar-refractivity contribution < 1.29 is 9.90 Å². The fourth-order valence-corrected chi connectivity index (χ4v) is 4.42. The zero-order valence-electron chi connectivity index (χ0n) is 19.1. The second-order valence-electron chi connectivity index (χ2n) is 8.85. The Labute approximate surface area is 190 Å². The number of aliphatic hydroxyl groups excluding tert-OH is 1. The summed E-state index contributed by atoms with van der Waals surface area (Å²) in [7, 11) is 0. The number of unbranched alkanes of at least 4 members (excludes halogenated alkanes) is 2. The summed E-state index contributed by atoms with van der Waals surface area (Å²) in [6.45, 7) is 5.71. The molecule has 0 saturated heterocycles. The van der Waals surface area contributed by atoms with Gasteiger partial charge < -0.3 is 10.0 Å². The number of fused-ring (bicyclic) bond motifs is 1. The van der Waals surface area contributed by atoms with Crippen molar-refractivity contribution in [3.8, 4) is 11.3 Å². The van der Waals surface area contributed by atoms with Crippen LogP contribution in [-0.2, 0) is 13.0 Å². The van der Waals surface area contributed by atoms with Gasteiger partial charge in [-0.2, -0.15) is 5.10 Å². The molecule has 1 aliphatic heterocycles. The van der Waals surface area contributed by atoms with E-state index < -0.39 is 0 Å². The summed E-state index contributed by atoms with van der Waals surface area (Å²) in [6, 6.07) is 18.7. The van der Waals surface area contributed by atoms with E-state index in [4.69, 9.17) is 10.2 Å². The third-order valence-electron chi connectivity index (χ3n) is 6.30. The Hall–Kier alpha value is -2.92. The van der Waals surface area contributed by atoms with Gasteiger partial charge >= 0.3 is 0 Å². The highest BCUT2D eigenvalue weighted by Gasteiger charge is 2.32. The maximum absolute atomic E-state index is 13.4. The zero-order valence-corrected chi connectivity index (χ0v) is 19.1. The highest BCUT2D eigenvalue weighted by atomic mass is 16.3.